The summed E-state index contributed by atoms with van der Waals surface area (Å²) >= 11 is 0. The van der Waals surface area contributed by atoms with Crippen molar-refractivity contribution in [1.82, 2.24) is 4.98 Å². The molecule has 96 valence electrons. The summed E-state index contributed by atoms with van der Waals surface area (Å²) in [6, 6.07) is 6.61. The third-order valence-corrected chi connectivity index (χ3v) is 4.26. The second kappa shape index (κ2) is 5.15. The van der Waals surface area contributed by atoms with Gasteiger partial charge in [0.25, 0.3) is 0 Å². The molecule has 0 radical (unpaired) electrons. The predicted octanol–water partition coefficient (Wildman–Crippen LogP) is 3.75. The number of aromatic nitrogens is 1. The van der Waals surface area contributed by atoms with Gasteiger partial charge in [0.15, 0.2) is 0 Å². The van der Waals surface area contributed by atoms with Gasteiger partial charge in [-0.3, -0.25) is 0 Å². The average molecular weight is 243 g/mol. The van der Waals surface area contributed by atoms with Crippen LogP contribution in [0.3, 0.4) is 0 Å². The first-order valence-electron chi connectivity index (χ1n) is 7.10. The Balaban J connectivity index is 2.01. The number of benzene rings is 1. The van der Waals surface area contributed by atoms with E-state index in [9.17, 15) is 0 Å². The summed E-state index contributed by atoms with van der Waals surface area (Å²) in [4.78, 5) is 3.43. The highest BCUT2D eigenvalue weighted by molar-refractivity contribution is 5.86. The fourth-order valence-corrected chi connectivity index (χ4v) is 3.32. The molecule has 0 amide bonds. The van der Waals surface area contributed by atoms with Crippen molar-refractivity contribution in [3.63, 3.8) is 0 Å². The van der Waals surface area contributed by atoms with Crippen molar-refractivity contribution in [1.29, 1.82) is 0 Å². The second-order valence-electron chi connectivity index (χ2n) is 5.39. The van der Waals surface area contributed by atoms with Crippen LogP contribution in [0.4, 0.5) is 0 Å². The molecule has 0 aliphatic heterocycles. The Labute approximate surface area is 108 Å². The maximum absolute atomic E-state index is 9.10. The summed E-state index contributed by atoms with van der Waals surface area (Å²) in [5, 5.41) is 10.4. The lowest BCUT2D eigenvalue weighted by Gasteiger charge is -2.22. The molecule has 2 aromatic rings. The molecule has 2 heteroatoms. The zero-order chi connectivity index (χ0) is 12.4. The number of para-hydroxylation sites is 1. The molecule has 18 heavy (non-hydrogen) atoms. The standard InChI is InChI=1S/C16H21NO/c18-10-9-13-11-17-16-14(7-4-8-15(13)16)12-5-2-1-3-6-12/h4,7-8,11-12,17-18H,1-3,5-6,9-10H2. The third-order valence-electron chi connectivity index (χ3n) is 4.26. The highest BCUT2D eigenvalue weighted by Crippen LogP contribution is 2.36. The predicted molar refractivity (Wildman–Crippen MR) is 74.9 cm³/mol. The van der Waals surface area contributed by atoms with Crippen LogP contribution in [0.5, 0.6) is 0 Å². The molecule has 2 nitrogen and oxygen atoms in total. The van der Waals surface area contributed by atoms with Gasteiger partial charge in [-0.05, 0) is 36.3 Å². The van der Waals surface area contributed by atoms with Gasteiger partial charge in [-0.2, -0.15) is 0 Å². The average Bonchev–Trinajstić information content (AvgIpc) is 2.84. The second-order valence-corrected chi connectivity index (χ2v) is 5.39. The summed E-state index contributed by atoms with van der Waals surface area (Å²) in [6.45, 7) is 0.223. The molecule has 2 N–H and O–H groups in total. The lowest BCUT2D eigenvalue weighted by atomic mass is 9.83. The van der Waals surface area contributed by atoms with Crippen molar-refractivity contribution in [3.8, 4) is 0 Å². The van der Waals surface area contributed by atoms with Crippen molar-refractivity contribution < 1.29 is 5.11 Å². The fraction of sp³-hybridized carbons (Fsp3) is 0.500. The number of H-pyrrole nitrogens is 1. The van der Waals surface area contributed by atoms with E-state index in [0.29, 0.717) is 0 Å². The van der Waals surface area contributed by atoms with E-state index in [-0.39, 0.29) is 6.61 Å². The van der Waals surface area contributed by atoms with Gasteiger partial charge in [0, 0.05) is 23.7 Å². The van der Waals surface area contributed by atoms with E-state index in [1.54, 1.807) is 0 Å². The Morgan fingerprint density at radius 2 is 2.00 bits per heavy atom. The highest BCUT2D eigenvalue weighted by Gasteiger charge is 2.18. The molecule has 0 atom stereocenters. The van der Waals surface area contributed by atoms with Gasteiger partial charge < -0.3 is 10.1 Å². The van der Waals surface area contributed by atoms with Crippen molar-refractivity contribution in [2.75, 3.05) is 6.61 Å². The lowest BCUT2D eigenvalue weighted by Crippen LogP contribution is -2.05. The van der Waals surface area contributed by atoms with Crippen molar-refractivity contribution >= 4 is 10.9 Å². The van der Waals surface area contributed by atoms with Crippen LogP contribution >= 0.6 is 0 Å². The Morgan fingerprint density at radius 3 is 2.78 bits per heavy atom. The fourth-order valence-electron chi connectivity index (χ4n) is 3.32. The first kappa shape index (κ1) is 11.8. The van der Waals surface area contributed by atoms with Crippen LogP contribution in [0.1, 0.15) is 49.1 Å². The number of fused-ring (bicyclic) bond motifs is 1. The van der Waals surface area contributed by atoms with Crippen LogP contribution in [0.2, 0.25) is 0 Å². The van der Waals surface area contributed by atoms with E-state index in [1.807, 2.05) is 0 Å². The van der Waals surface area contributed by atoms with E-state index in [2.05, 4.69) is 29.4 Å². The zero-order valence-corrected chi connectivity index (χ0v) is 10.8. The molecule has 0 unspecified atom stereocenters. The molecule has 0 saturated heterocycles. The molecule has 0 bridgehead atoms. The molecule has 1 fully saturated rings. The third kappa shape index (κ3) is 2.05. The van der Waals surface area contributed by atoms with E-state index >= 15 is 0 Å². The van der Waals surface area contributed by atoms with Crippen molar-refractivity contribution in [2.24, 2.45) is 0 Å². The summed E-state index contributed by atoms with van der Waals surface area (Å²) < 4.78 is 0. The van der Waals surface area contributed by atoms with Crippen LogP contribution in [0.25, 0.3) is 10.9 Å². The van der Waals surface area contributed by atoms with Gasteiger partial charge in [0.05, 0.1) is 0 Å². The molecule has 1 aromatic heterocycles. The number of rotatable bonds is 3. The molecular weight excluding hydrogens is 222 g/mol. The molecule has 1 heterocycles. The molecule has 1 saturated carbocycles. The molecule has 3 rings (SSSR count). The summed E-state index contributed by atoms with van der Waals surface area (Å²) in [7, 11) is 0. The topological polar surface area (TPSA) is 36.0 Å². The van der Waals surface area contributed by atoms with E-state index < -0.39 is 0 Å². The molecule has 1 aromatic carbocycles. The SMILES string of the molecule is OCCc1c[nH]c2c(C3CCCCC3)cccc12. The number of aliphatic hydroxyl groups is 1. The van der Waals surface area contributed by atoms with Gasteiger partial charge in [-0.25, -0.2) is 0 Å². The Hall–Kier alpha value is -1.28. The molecular formula is C16H21NO. The maximum atomic E-state index is 9.10. The Morgan fingerprint density at radius 1 is 1.17 bits per heavy atom. The molecule has 0 spiro atoms. The van der Waals surface area contributed by atoms with Crippen LogP contribution in [0, 0.1) is 0 Å². The quantitative estimate of drug-likeness (QED) is 0.846. The van der Waals surface area contributed by atoms with Crippen LogP contribution in [0.15, 0.2) is 24.4 Å². The zero-order valence-electron chi connectivity index (χ0n) is 10.8. The minimum absolute atomic E-state index is 0.223. The largest absolute Gasteiger partial charge is 0.396 e. The first-order chi connectivity index (χ1) is 8.90. The Bertz CT molecular complexity index is 523. The molecule has 1 aliphatic rings. The lowest BCUT2D eigenvalue weighted by molar-refractivity contribution is 0.300. The number of nitrogens with one attached hydrogen (secondary N) is 1. The van der Waals surface area contributed by atoms with Gasteiger partial charge >= 0.3 is 0 Å². The van der Waals surface area contributed by atoms with Crippen LogP contribution in [-0.2, 0) is 6.42 Å². The minimum Gasteiger partial charge on any atom is -0.396 e. The van der Waals surface area contributed by atoms with Crippen LogP contribution in [-0.4, -0.2) is 16.7 Å². The smallest absolute Gasteiger partial charge is 0.0492 e. The number of aliphatic hydroxyl groups excluding tert-OH is 1. The van der Waals surface area contributed by atoms with Gasteiger partial charge in [0.1, 0.15) is 0 Å². The highest BCUT2D eigenvalue weighted by atomic mass is 16.2. The maximum Gasteiger partial charge on any atom is 0.0492 e. The van der Waals surface area contributed by atoms with Crippen LogP contribution < -0.4 is 0 Å². The van der Waals surface area contributed by atoms with Gasteiger partial charge in [-0.15, -0.1) is 0 Å². The Kier molecular flexibility index (Phi) is 3.37. The normalized spacial score (nSPS) is 17.4. The number of hydrogen-bond acceptors (Lipinski definition) is 1. The first-order valence-corrected chi connectivity index (χ1v) is 7.10. The van der Waals surface area contributed by atoms with E-state index in [0.717, 1.165) is 12.3 Å². The van der Waals surface area contributed by atoms with Crippen molar-refractivity contribution in [2.45, 2.75) is 44.4 Å². The monoisotopic (exact) mass is 243 g/mol. The summed E-state index contributed by atoms with van der Waals surface area (Å²) in [5.74, 6) is 0.725. The van der Waals surface area contributed by atoms with Gasteiger partial charge in [-0.1, -0.05) is 37.5 Å². The number of hydrogen-bond donors (Lipinski definition) is 2. The number of aromatic amines is 1. The van der Waals surface area contributed by atoms with Crippen molar-refractivity contribution in [3.05, 3.63) is 35.5 Å². The van der Waals surface area contributed by atoms with E-state index in [4.69, 9.17) is 5.11 Å². The minimum atomic E-state index is 0.223. The summed E-state index contributed by atoms with van der Waals surface area (Å²) in [5.41, 5.74) is 4.02. The van der Waals surface area contributed by atoms with E-state index in [1.165, 1.54) is 54.1 Å². The molecule has 1 aliphatic carbocycles. The summed E-state index contributed by atoms with van der Waals surface area (Å²) in [6.07, 6.45) is 9.59. The van der Waals surface area contributed by atoms with Gasteiger partial charge in [0.2, 0.25) is 0 Å².